The van der Waals surface area contributed by atoms with Crippen LogP contribution in [-0.4, -0.2) is 23.4 Å². The molecule has 0 aliphatic carbocycles. The molecule has 2 aromatic rings. The summed E-state index contributed by atoms with van der Waals surface area (Å²) in [6.45, 7) is 0. The van der Waals surface area contributed by atoms with Crippen LogP contribution in [0.1, 0.15) is 17.2 Å². The number of hydrogen-bond acceptors (Lipinski definition) is 3. The highest BCUT2D eigenvalue weighted by Gasteiger charge is 2.18. The lowest BCUT2D eigenvalue weighted by Crippen LogP contribution is -2.20. The molecule has 3 nitrogen and oxygen atoms in total. The number of ether oxygens (including phenoxy) is 1. The second kappa shape index (κ2) is 6.36. The van der Waals surface area contributed by atoms with Gasteiger partial charge in [0.2, 0.25) is 0 Å². The summed E-state index contributed by atoms with van der Waals surface area (Å²) in [7, 11) is 1.61. The minimum Gasteiger partial charge on any atom is -0.497 e. The fourth-order valence-electron chi connectivity index (χ4n) is 2.02. The zero-order valence-corrected chi connectivity index (χ0v) is 10.9. The first kappa shape index (κ1) is 13.6. The second-order valence-electron chi connectivity index (χ2n) is 4.48. The molecule has 0 aromatic heterocycles. The average Bonchev–Trinajstić information content (AvgIpc) is 2.47. The molecule has 0 spiro atoms. The van der Waals surface area contributed by atoms with E-state index in [4.69, 9.17) is 4.74 Å². The molecule has 0 bridgehead atoms. The number of benzene rings is 2. The lowest BCUT2D eigenvalue weighted by Gasteiger charge is -2.18. The van der Waals surface area contributed by atoms with E-state index in [2.05, 4.69) is 0 Å². The summed E-state index contributed by atoms with van der Waals surface area (Å²) in [5, 5.41) is 20.2. The van der Waals surface area contributed by atoms with Gasteiger partial charge in [-0.1, -0.05) is 42.5 Å². The minimum absolute atomic E-state index is 0.382. The van der Waals surface area contributed by atoms with Gasteiger partial charge in [-0.15, -0.1) is 0 Å². The molecule has 100 valence electrons. The maximum Gasteiger partial charge on any atom is 0.119 e. The zero-order valence-electron chi connectivity index (χ0n) is 10.9. The molecule has 0 fully saturated rings. The van der Waals surface area contributed by atoms with E-state index in [0.717, 1.165) is 16.9 Å². The SMILES string of the molecule is COc1cccc(CC(O)C(O)c2ccccc2)c1. The maximum atomic E-state index is 10.1. The first-order chi connectivity index (χ1) is 9.20. The van der Waals surface area contributed by atoms with Crippen molar-refractivity contribution in [3.63, 3.8) is 0 Å². The van der Waals surface area contributed by atoms with E-state index in [1.54, 1.807) is 19.2 Å². The molecule has 2 aromatic carbocycles. The molecule has 0 heterocycles. The predicted molar refractivity (Wildman–Crippen MR) is 74.1 cm³/mol. The Bertz CT molecular complexity index is 510. The number of hydrogen-bond donors (Lipinski definition) is 2. The van der Waals surface area contributed by atoms with Crippen LogP contribution in [0, 0.1) is 0 Å². The maximum absolute atomic E-state index is 10.1. The van der Waals surface area contributed by atoms with Crippen molar-refractivity contribution < 1.29 is 14.9 Å². The largest absolute Gasteiger partial charge is 0.497 e. The molecule has 2 N–H and O–H groups in total. The molecule has 2 atom stereocenters. The number of aliphatic hydroxyl groups excluding tert-OH is 2. The van der Waals surface area contributed by atoms with E-state index < -0.39 is 12.2 Å². The van der Waals surface area contributed by atoms with Gasteiger partial charge < -0.3 is 14.9 Å². The Morgan fingerprint density at radius 3 is 2.42 bits per heavy atom. The molecule has 0 saturated heterocycles. The lowest BCUT2D eigenvalue weighted by molar-refractivity contribution is 0.0189. The Morgan fingerprint density at radius 2 is 1.74 bits per heavy atom. The average molecular weight is 258 g/mol. The van der Waals surface area contributed by atoms with E-state index in [1.807, 2.05) is 42.5 Å². The first-order valence-corrected chi connectivity index (χ1v) is 6.24. The van der Waals surface area contributed by atoms with Crippen LogP contribution in [0.3, 0.4) is 0 Å². The highest BCUT2D eigenvalue weighted by atomic mass is 16.5. The van der Waals surface area contributed by atoms with E-state index in [9.17, 15) is 10.2 Å². The molecule has 19 heavy (non-hydrogen) atoms. The van der Waals surface area contributed by atoms with E-state index in [1.165, 1.54) is 0 Å². The molecule has 2 rings (SSSR count). The van der Waals surface area contributed by atoms with Crippen molar-refractivity contribution in [3.8, 4) is 5.75 Å². The van der Waals surface area contributed by atoms with E-state index >= 15 is 0 Å². The first-order valence-electron chi connectivity index (χ1n) is 6.24. The van der Waals surface area contributed by atoms with Crippen molar-refractivity contribution in [3.05, 3.63) is 65.7 Å². The van der Waals surface area contributed by atoms with Gasteiger partial charge in [0.1, 0.15) is 11.9 Å². The highest BCUT2D eigenvalue weighted by molar-refractivity contribution is 5.29. The van der Waals surface area contributed by atoms with Crippen LogP contribution in [0.25, 0.3) is 0 Å². The summed E-state index contributed by atoms with van der Waals surface area (Å²) in [5.41, 5.74) is 1.65. The van der Waals surface area contributed by atoms with Crippen LogP contribution in [-0.2, 0) is 6.42 Å². The molecule has 2 unspecified atom stereocenters. The number of methoxy groups -OCH3 is 1. The summed E-state index contributed by atoms with van der Waals surface area (Å²) in [5.74, 6) is 0.749. The van der Waals surface area contributed by atoms with Crippen molar-refractivity contribution in [2.24, 2.45) is 0 Å². The van der Waals surface area contributed by atoms with Crippen molar-refractivity contribution in [2.75, 3.05) is 7.11 Å². The zero-order chi connectivity index (χ0) is 13.7. The van der Waals surface area contributed by atoms with Gasteiger partial charge in [0, 0.05) is 6.42 Å². The molecule has 0 aliphatic heterocycles. The van der Waals surface area contributed by atoms with Gasteiger partial charge in [-0.05, 0) is 23.3 Å². The standard InChI is InChI=1S/C16H18O3/c1-19-14-9-5-6-12(10-14)11-15(17)16(18)13-7-3-2-4-8-13/h2-10,15-18H,11H2,1H3. The van der Waals surface area contributed by atoms with E-state index in [-0.39, 0.29) is 0 Å². The summed E-state index contributed by atoms with van der Waals surface area (Å²) >= 11 is 0. The van der Waals surface area contributed by atoms with Gasteiger partial charge in [0.05, 0.1) is 13.2 Å². The summed E-state index contributed by atoms with van der Waals surface area (Å²) in [6.07, 6.45) is -1.34. The van der Waals surface area contributed by atoms with Gasteiger partial charge in [0.25, 0.3) is 0 Å². The molecule has 0 radical (unpaired) electrons. The van der Waals surface area contributed by atoms with Crippen molar-refractivity contribution in [1.29, 1.82) is 0 Å². The van der Waals surface area contributed by atoms with Crippen LogP contribution in [0.15, 0.2) is 54.6 Å². The molecule has 0 amide bonds. The Labute approximate surface area is 113 Å². The van der Waals surface area contributed by atoms with Crippen molar-refractivity contribution >= 4 is 0 Å². The topological polar surface area (TPSA) is 49.7 Å². The van der Waals surface area contributed by atoms with E-state index in [0.29, 0.717) is 6.42 Å². The smallest absolute Gasteiger partial charge is 0.119 e. The third kappa shape index (κ3) is 3.56. The van der Waals surface area contributed by atoms with Gasteiger partial charge >= 0.3 is 0 Å². The van der Waals surface area contributed by atoms with Gasteiger partial charge in [-0.2, -0.15) is 0 Å². The summed E-state index contributed by atoms with van der Waals surface area (Å²) in [6, 6.07) is 16.7. The van der Waals surface area contributed by atoms with Crippen molar-refractivity contribution in [1.82, 2.24) is 0 Å². The molecular formula is C16H18O3. The lowest BCUT2D eigenvalue weighted by atomic mass is 9.98. The fraction of sp³-hybridized carbons (Fsp3) is 0.250. The van der Waals surface area contributed by atoms with Gasteiger partial charge in [0.15, 0.2) is 0 Å². The molecular weight excluding hydrogens is 240 g/mol. The third-order valence-corrected chi connectivity index (χ3v) is 3.08. The van der Waals surface area contributed by atoms with Crippen LogP contribution in [0.5, 0.6) is 5.75 Å². The summed E-state index contributed by atoms with van der Waals surface area (Å²) < 4.78 is 5.14. The number of aliphatic hydroxyl groups is 2. The monoisotopic (exact) mass is 258 g/mol. The molecule has 0 aliphatic rings. The quantitative estimate of drug-likeness (QED) is 0.865. The minimum atomic E-state index is -0.882. The molecule has 0 saturated carbocycles. The Morgan fingerprint density at radius 1 is 1.00 bits per heavy atom. The molecule has 3 heteroatoms. The van der Waals surface area contributed by atoms with Crippen LogP contribution in [0.4, 0.5) is 0 Å². The van der Waals surface area contributed by atoms with Crippen LogP contribution >= 0.6 is 0 Å². The Kier molecular flexibility index (Phi) is 4.55. The number of rotatable bonds is 5. The van der Waals surface area contributed by atoms with Crippen LogP contribution < -0.4 is 4.74 Å². The Hall–Kier alpha value is -1.84. The predicted octanol–water partition coefficient (Wildman–Crippen LogP) is 2.33. The third-order valence-electron chi connectivity index (χ3n) is 3.08. The van der Waals surface area contributed by atoms with Crippen LogP contribution in [0.2, 0.25) is 0 Å². The second-order valence-corrected chi connectivity index (χ2v) is 4.48. The summed E-state index contributed by atoms with van der Waals surface area (Å²) in [4.78, 5) is 0. The van der Waals surface area contributed by atoms with Gasteiger partial charge in [-0.3, -0.25) is 0 Å². The Balaban J connectivity index is 2.06. The fourth-order valence-corrected chi connectivity index (χ4v) is 2.02. The van der Waals surface area contributed by atoms with Gasteiger partial charge in [-0.25, -0.2) is 0 Å². The highest BCUT2D eigenvalue weighted by Crippen LogP contribution is 2.21. The van der Waals surface area contributed by atoms with Crippen molar-refractivity contribution in [2.45, 2.75) is 18.6 Å². The normalized spacial score (nSPS) is 13.8.